The predicted molar refractivity (Wildman–Crippen MR) is 126 cm³/mol. The van der Waals surface area contributed by atoms with Gasteiger partial charge < -0.3 is 19.6 Å². The molecule has 3 fully saturated rings. The number of carboxylic acid groups (broad SMARTS) is 1. The summed E-state index contributed by atoms with van der Waals surface area (Å²) in [6.07, 6.45) is 3.31. The molecule has 4 rings (SSSR count). The highest BCUT2D eigenvalue weighted by Crippen LogP contribution is 2.48. The normalized spacial score (nSPS) is 23.0. The van der Waals surface area contributed by atoms with Crippen molar-refractivity contribution in [2.75, 3.05) is 44.7 Å². The van der Waals surface area contributed by atoms with Crippen LogP contribution in [0.3, 0.4) is 0 Å². The van der Waals surface area contributed by atoms with Gasteiger partial charge in [-0.1, -0.05) is 20.8 Å². The van der Waals surface area contributed by atoms with Crippen LogP contribution in [-0.4, -0.2) is 77.8 Å². The van der Waals surface area contributed by atoms with Crippen LogP contribution in [-0.2, 0) is 0 Å². The summed E-state index contributed by atoms with van der Waals surface area (Å²) in [6, 6.07) is 3.97. The van der Waals surface area contributed by atoms with Gasteiger partial charge in [0.05, 0.1) is 18.1 Å². The molecule has 9 heteroatoms. The van der Waals surface area contributed by atoms with E-state index in [0.29, 0.717) is 24.3 Å². The molecule has 1 unspecified atom stereocenters. The van der Waals surface area contributed by atoms with Gasteiger partial charge in [-0.2, -0.15) is 0 Å². The standard InChI is InChI=1S/C24H36N4O5/c1-24(2,3)22-15-26(11-12-27(22)23(29)30)17-7-9-25(10-8-17)19-14-21(33-4)20(28(31)32)13-18(19)16-5-6-16/h13-14,16-17,22H,5-12,15H2,1-4H3,(H,29,30). The number of methoxy groups -OCH3 is 1. The Morgan fingerprint density at radius 3 is 2.30 bits per heavy atom. The number of piperazine rings is 1. The molecule has 1 aromatic rings. The van der Waals surface area contributed by atoms with Crippen LogP contribution in [0.25, 0.3) is 0 Å². The highest BCUT2D eigenvalue weighted by molar-refractivity contribution is 5.67. The molecule has 0 bridgehead atoms. The highest BCUT2D eigenvalue weighted by Gasteiger charge is 2.40. The number of nitrogens with zero attached hydrogens (tertiary/aromatic N) is 4. The van der Waals surface area contributed by atoms with Crippen molar-refractivity contribution in [3.05, 3.63) is 27.8 Å². The molecule has 33 heavy (non-hydrogen) atoms. The molecule has 1 atom stereocenters. The molecule has 0 aromatic heterocycles. The van der Waals surface area contributed by atoms with Crippen LogP contribution in [0, 0.1) is 15.5 Å². The van der Waals surface area contributed by atoms with Crippen molar-refractivity contribution in [1.29, 1.82) is 0 Å². The van der Waals surface area contributed by atoms with E-state index in [9.17, 15) is 20.0 Å². The largest absolute Gasteiger partial charge is 0.490 e. The Bertz CT molecular complexity index is 903. The summed E-state index contributed by atoms with van der Waals surface area (Å²) in [6.45, 7) is 10.2. The van der Waals surface area contributed by atoms with Crippen molar-refractivity contribution in [3.8, 4) is 5.75 Å². The number of amides is 1. The van der Waals surface area contributed by atoms with Gasteiger partial charge in [-0.05, 0) is 42.6 Å². The third kappa shape index (κ3) is 4.88. The molecule has 2 heterocycles. The Morgan fingerprint density at radius 2 is 1.79 bits per heavy atom. The van der Waals surface area contributed by atoms with Gasteiger partial charge in [0.15, 0.2) is 5.75 Å². The fraction of sp³-hybridized carbons (Fsp3) is 0.708. The topological polar surface area (TPSA) is 99.4 Å². The average Bonchev–Trinajstić information content (AvgIpc) is 3.62. The molecule has 182 valence electrons. The zero-order valence-electron chi connectivity index (χ0n) is 20.1. The van der Waals surface area contributed by atoms with E-state index < -0.39 is 6.09 Å². The maximum absolute atomic E-state index is 11.8. The van der Waals surface area contributed by atoms with Crippen LogP contribution in [0.1, 0.15) is 57.9 Å². The first-order chi connectivity index (χ1) is 15.6. The number of anilines is 1. The van der Waals surface area contributed by atoms with E-state index in [1.54, 1.807) is 11.0 Å². The molecule has 3 aliphatic rings. The van der Waals surface area contributed by atoms with Crippen LogP contribution in [0.4, 0.5) is 16.2 Å². The van der Waals surface area contributed by atoms with Crippen LogP contribution in [0.2, 0.25) is 0 Å². The lowest BCUT2D eigenvalue weighted by atomic mass is 9.83. The quantitative estimate of drug-likeness (QED) is 0.520. The molecule has 1 N–H and O–H groups in total. The first kappa shape index (κ1) is 23.6. The van der Waals surface area contributed by atoms with E-state index in [0.717, 1.165) is 63.1 Å². The first-order valence-electron chi connectivity index (χ1n) is 11.9. The Hall–Kier alpha value is -2.55. The van der Waals surface area contributed by atoms with Crippen LogP contribution < -0.4 is 9.64 Å². The second-order valence-corrected chi connectivity index (χ2v) is 10.7. The third-order valence-electron chi connectivity index (χ3n) is 7.52. The number of nitro groups is 1. The summed E-state index contributed by atoms with van der Waals surface area (Å²) in [4.78, 5) is 29.3. The summed E-state index contributed by atoms with van der Waals surface area (Å²) in [5.74, 6) is 0.721. The number of benzene rings is 1. The van der Waals surface area contributed by atoms with Gasteiger partial charge in [0.1, 0.15) is 0 Å². The van der Waals surface area contributed by atoms with E-state index in [1.807, 2.05) is 6.07 Å². The van der Waals surface area contributed by atoms with Gasteiger partial charge in [0.2, 0.25) is 0 Å². The highest BCUT2D eigenvalue weighted by atomic mass is 16.6. The maximum Gasteiger partial charge on any atom is 0.407 e. The number of hydrogen-bond acceptors (Lipinski definition) is 6. The predicted octanol–water partition coefficient (Wildman–Crippen LogP) is 4.16. The molecule has 1 amide bonds. The lowest BCUT2D eigenvalue weighted by Crippen LogP contribution is -2.62. The summed E-state index contributed by atoms with van der Waals surface area (Å²) in [7, 11) is 1.48. The Morgan fingerprint density at radius 1 is 1.12 bits per heavy atom. The van der Waals surface area contributed by atoms with Crippen molar-refractivity contribution in [3.63, 3.8) is 0 Å². The Balaban J connectivity index is 1.47. The average molecular weight is 461 g/mol. The van der Waals surface area contributed by atoms with E-state index >= 15 is 0 Å². The van der Waals surface area contributed by atoms with Crippen molar-refractivity contribution in [2.45, 2.75) is 64.5 Å². The summed E-state index contributed by atoms with van der Waals surface area (Å²) in [5, 5.41) is 21.2. The van der Waals surface area contributed by atoms with E-state index in [1.165, 1.54) is 7.11 Å². The van der Waals surface area contributed by atoms with Crippen molar-refractivity contribution >= 4 is 17.5 Å². The molecular weight excluding hydrogens is 424 g/mol. The summed E-state index contributed by atoms with van der Waals surface area (Å²) in [5.41, 5.74) is 2.07. The van der Waals surface area contributed by atoms with E-state index in [2.05, 4.69) is 30.6 Å². The molecule has 1 saturated carbocycles. The lowest BCUT2D eigenvalue weighted by molar-refractivity contribution is -0.385. The first-order valence-corrected chi connectivity index (χ1v) is 11.9. The molecule has 9 nitrogen and oxygen atoms in total. The van der Waals surface area contributed by atoms with Gasteiger partial charge in [0, 0.05) is 56.6 Å². The number of piperidine rings is 1. The Labute approximate surface area is 195 Å². The van der Waals surface area contributed by atoms with Crippen molar-refractivity contribution < 1.29 is 19.6 Å². The van der Waals surface area contributed by atoms with Crippen molar-refractivity contribution in [1.82, 2.24) is 9.80 Å². The number of carbonyl (C=O) groups is 1. The maximum atomic E-state index is 11.8. The summed E-state index contributed by atoms with van der Waals surface area (Å²) < 4.78 is 5.35. The zero-order chi connectivity index (χ0) is 23.9. The van der Waals surface area contributed by atoms with Crippen LogP contribution in [0.15, 0.2) is 12.1 Å². The third-order valence-corrected chi connectivity index (χ3v) is 7.52. The molecule has 1 aliphatic carbocycles. The van der Waals surface area contributed by atoms with Gasteiger partial charge in [-0.25, -0.2) is 4.79 Å². The SMILES string of the molecule is COc1cc(N2CCC(N3CCN(C(=O)O)C(C(C)(C)C)C3)CC2)c(C2CC2)cc1[N+](=O)[O-]. The molecular formula is C24H36N4O5. The fourth-order valence-electron chi connectivity index (χ4n) is 5.45. The molecule has 0 radical (unpaired) electrons. The van der Waals surface area contributed by atoms with E-state index in [4.69, 9.17) is 4.74 Å². The minimum atomic E-state index is -0.830. The minimum absolute atomic E-state index is 0.0258. The second kappa shape index (κ2) is 9.00. The Kier molecular flexibility index (Phi) is 6.44. The summed E-state index contributed by atoms with van der Waals surface area (Å²) >= 11 is 0. The van der Waals surface area contributed by atoms with Crippen LogP contribution >= 0.6 is 0 Å². The minimum Gasteiger partial charge on any atom is -0.490 e. The lowest BCUT2D eigenvalue weighted by Gasteiger charge is -2.49. The molecule has 0 spiro atoms. The number of hydrogen-bond donors (Lipinski definition) is 1. The van der Waals surface area contributed by atoms with Crippen molar-refractivity contribution in [2.24, 2.45) is 5.41 Å². The molecule has 2 saturated heterocycles. The number of ether oxygens (including phenoxy) is 1. The molecule has 1 aromatic carbocycles. The van der Waals surface area contributed by atoms with Gasteiger partial charge in [-0.15, -0.1) is 0 Å². The van der Waals surface area contributed by atoms with Gasteiger partial charge >= 0.3 is 11.8 Å². The smallest absolute Gasteiger partial charge is 0.407 e. The fourth-order valence-corrected chi connectivity index (χ4v) is 5.45. The van der Waals surface area contributed by atoms with Crippen LogP contribution in [0.5, 0.6) is 5.75 Å². The monoisotopic (exact) mass is 460 g/mol. The number of rotatable bonds is 5. The molecule has 2 aliphatic heterocycles. The van der Waals surface area contributed by atoms with Gasteiger partial charge in [-0.3, -0.25) is 15.0 Å². The van der Waals surface area contributed by atoms with Gasteiger partial charge in [0.25, 0.3) is 0 Å². The second-order valence-electron chi connectivity index (χ2n) is 10.7. The zero-order valence-corrected chi connectivity index (χ0v) is 20.1. The number of nitro benzene ring substituents is 1. The van der Waals surface area contributed by atoms with E-state index in [-0.39, 0.29) is 22.1 Å².